The third kappa shape index (κ3) is 3.07. The van der Waals surface area contributed by atoms with Gasteiger partial charge in [0.15, 0.2) is 5.82 Å². The van der Waals surface area contributed by atoms with E-state index in [0.29, 0.717) is 22.1 Å². The van der Waals surface area contributed by atoms with Crippen LogP contribution >= 0.6 is 11.3 Å². The Hall–Kier alpha value is -3.52. The van der Waals surface area contributed by atoms with Crippen LogP contribution in [0.2, 0.25) is 0 Å². The number of rotatable bonds is 3. The van der Waals surface area contributed by atoms with Crippen LogP contribution in [-0.4, -0.2) is 29.5 Å². The fourth-order valence-corrected chi connectivity index (χ4v) is 4.33. The van der Waals surface area contributed by atoms with Crippen molar-refractivity contribution in [3.8, 4) is 32.7 Å². The van der Waals surface area contributed by atoms with Gasteiger partial charge in [0.25, 0.3) is 0 Å². The fraction of sp³-hybridized carbons (Fsp3) is 0.0952. The Morgan fingerprint density at radius 1 is 1.07 bits per heavy atom. The summed E-state index contributed by atoms with van der Waals surface area (Å²) in [5.41, 5.74) is 3.98. The molecule has 0 aliphatic carbocycles. The van der Waals surface area contributed by atoms with Crippen LogP contribution in [0.3, 0.4) is 0 Å². The lowest BCUT2D eigenvalue weighted by atomic mass is 10.1. The number of aromatic nitrogens is 6. The highest BCUT2D eigenvalue weighted by molar-refractivity contribution is 7.18. The number of nitrogens with zero attached hydrogens (tertiary/aromatic N) is 6. The van der Waals surface area contributed by atoms with Gasteiger partial charge in [0.05, 0.1) is 22.3 Å². The molecule has 8 heteroatoms. The highest BCUT2D eigenvalue weighted by atomic mass is 32.1. The lowest BCUT2D eigenvalue weighted by Gasteiger charge is -2.07. The fourth-order valence-electron chi connectivity index (χ4n) is 3.30. The van der Waals surface area contributed by atoms with Crippen molar-refractivity contribution in [2.45, 2.75) is 6.92 Å². The van der Waals surface area contributed by atoms with Gasteiger partial charge in [-0.05, 0) is 31.2 Å². The molecule has 0 aromatic carbocycles. The summed E-state index contributed by atoms with van der Waals surface area (Å²) in [6.45, 7) is 1.93. The molecule has 0 N–H and O–H groups in total. The van der Waals surface area contributed by atoms with Gasteiger partial charge in [-0.1, -0.05) is 0 Å². The molecule has 0 aliphatic rings. The van der Waals surface area contributed by atoms with Crippen LogP contribution in [0, 0.1) is 12.7 Å². The number of thiazole rings is 1. The van der Waals surface area contributed by atoms with Crippen LogP contribution in [0.15, 0.2) is 55.2 Å². The quantitative estimate of drug-likeness (QED) is 0.439. The number of aryl methyl sites for hydroxylation is 2. The maximum absolute atomic E-state index is 13.6. The highest BCUT2D eigenvalue weighted by Crippen LogP contribution is 2.38. The van der Waals surface area contributed by atoms with Gasteiger partial charge in [-0.25, -0.2) is 24.3 Å². The summed E-state index contributed by atoms with van der Waals surface area (Å²) in [5.74, 6) is 0.180. The highest BCUT2D eigenvalue weighted by Gasteiger charge is 2.19. The van der Waals surface area contributed by atoms with E-state index in [0.717, 1.165) is 27.2 Å². The normalized spacial score (nSPS) is 11.3. The van der Waals surface area contributed by atoms with Crippen molar-refractivity contribution in [3.05, 3.63) is 66.8 Å². The molecule has 6 nitrogen and oxygen atoms in total. The molecule has 29 heavy (non-hydrogen) atoms. The van der Waals surface area contributed by atoms with Gasteiger partial charge in [-0.2, -0.15) is 0 Å². The van der Waals surface area contributed by atoms with Gasteiger partial charge in [-0.3, -0.25) is 4.98 Å². The lowest BCUT2D eigenvalue weighted by Crippen LogP contribution is -1.96. The molecule has 5 heterocycles. The summed E-state index contributed by atoms with van der Waals surface area (Å²) in [5, 5.41) is 1.75. The minimum absolute atomic E-state index is 0.386. The summed E-state index contributed by atoms with van der Waals surface area (Å²) in [7, 11) is 1.99. The second kappa shape index (κ2) is 6.82. The van der Waals surface area contributed by atoms with Crippen molar-refractivity contribution >= 4 is 22.2 Å². The first-order chi connectivity index (χ1) is 14.1. The zero-order chi connectivity index (χ0) is 20.0. The Bertz CT molecular complexity index is 1340. The van der Waals surface area contributed by atoms with Crippen molar-refractivity contribution in [2.75, 3.05) is 0 Å². The predicted octanol–water partition coefficient (Wildman–Crippen LogP) is 4.66. The zero-order valence-corrected chi connectivity index (χ0v) is 16.5. The Labute approximate surface area is 169 Å². The van der Waals surface area contributed by atoms with E-state index in [1.54, 1.807) is 24.7 Å². The van der Waals surface area contributed by atoms with Gasteiger partial charge >= 0.3 is 0 Å². The molecular formula is C21H15FN6S. The van der Waals surface area contributed by atoms with Crippen LogP contribution in [0.4, 0.5) is 4.39 Å². The Balaban J connectivity index is 1.74. The molecule has 0 amide bonds. The van der Waals surface area contributed by atoms with Crippen molar-refractivity contribution in [2.24, 2.45) is 7.05 Å². The number of halogens is 1. The van der Waals surface area contributed by atoms with Crippen LogP contribution < -0.4 is 0 Å². The standard InChI is InChI=1S/C21H15FN6S/c1-12-19(29-21(26-12)14-8-15(22)11-23-10-14)17-18-13(4-7-28(18)2)9-16(27-17)20-24-5-3-6-25-20/h3-11H,1-2H3. The molecule has 0 fully saturated rings. The van der Waals surface area contributed by atoms with E-state index in [4.69, 9.17) is 4.98 Å². The molecular weight excluding hydrogens is 387 g/mol. The van der Waals surface area contributed by atoms with E-state index >= 15 is 0 Å². The van der Waals surface area contributed by atoms with E-state index in [1.165, 1.54) is 23.6 Å². The second-order valence-electron chi connectivity index (χ2n) is 6.62. The molecule has 5 aromatic rings. The maximum atomic E-state index is 13.6. The predicted molar refractivity (Wildman–Crippen MR) is 111 cm³/mol. The summed E-state index contributed by atoms with van der Waals surface area (Å²) < 4.78 is 15.7. The van der Waals surface area contributed by atoms with Crippen molar-refractivity contribution in [3.63, 3.8) is 0 Å². The molecule has 0 spiro atoms. The smallest absolute Gasteiger partial charge is 0.178 e. The molecule has 0 aliphatic heterocycles. The van der Waals surface area contributed by atoms with Crippen LogP contribution in [0.1, 0.15) is 5.69 Å². The van der Waals surface area contributed by atoms with E-state index < -0.39 is 0 Å². The average Bonchev–Trinajstić information content (AvgIpc) is 3.31. The van der Waals surface area contributed by atoms with Crippen molar-refractivity contribution in [1.29, 1.82) is 0 Å². The number of hydrogen-bond acceptors (Lipinski definition) is 6. The van der Waals surface area contributed by atoms with Crippen molar-refractivity contribution < 1.29 is 4.39 Å². The van der Waals surface area contributed by atoms with Gasteiger partial charge < -0.3 is 4.57 Å². The second-order valence-corrected chi connectivity index (χ2v) is 7.62. The van der Waals surface area contributed by atoms with Crippen molar-refractivity contribution in [1.82, 2.24) is 29.5 Å². The van der Waals surface area contributed by atoms with Gasteiger partial charge in [-0.15, -0.1) is 11.3 Å². The number of fused-ring (bicyclic) bond motifs is 1. The zero-order valence-electron chi connectivity index (χ0n) is 15.7. The monoisotopic (exact) mass is 402 g/mol. The van der Waals surface area contributed by atoms with E-state index in [1.807, 2.05) is 36.9 Å². The van der Waals surface area contributed by atoms with E-state index in [2.05, 4.69) is 19.9 Å². The Morgan fingerprint density at radius 2 is 1.90 bits per heavy atom. The maximum Gasteiger partial charge on any atom is 0.178 e. The average molecular weight is 402 g/mol. The first-order valence-electron chi connectivity index (χ1n) is 8.92. The van der Waals surface area contributed by atoms with Gasteiger partial charge in [0, 0.05) is 42.8 Å². The molecule has 0 bridgehead atoms. The van der Waals surface area contributed by atoms with Gasteiger partial charge in [0.2, 0.25) is 0 Å². The third-order valence-electron chi connectivity index (χ3n) is 4.61. The molecule has 0 atom stereocenters. The lowest BCUT2D eigenvalue weighted by molar-refractivity contribution is 0.622. The minimum atomic E-state index is -0.386. The minimum Gasteiger partial charge on any atom is -0.349 e. The summed E-state index contributed by atoms with van der Waals surface area (Å²) >= 11 is 1.47. The Kier molecular flexibility index (Phi) is 4.13. The first-order valence-corrected chi connectivity index (χ1v) is 9.74. The van der Waals surface area contributed by atoms with Gasteiger partial charge in [0.1, 0.15) is 22.2 Å². The SMILES string of the molecule is Cc1nc(-c2cncc(F)c2)sc1-c1nc(-c2ncccn2)cc2ccn(C)c12. The Morgan fingerprint density at radius 3 is 2.69 bits per heavy atom. The molecule has 0 radical (unpaired) electrons. The summed E-state index contributed by atoms with van der Waals surface area (Å²) in [6.07, 6.45) is 8.20. The van der Waals surface area contributed by atoms with Crippen LogP contribution in [0.5, 0.6) is 0 Å². The molecule has 0 unspecified atom stereocenters. The van der Waals surface area contributed by atoms with Crippen LogP contribution in [0.25, 0.3) is 43.6 Å². The van der Waals surface area contributed by atoms with E-state index in [-0.39, 0.29) is 5.82 Å². The first kappa shape index (κ1) is 17.6. The topological polar surface area (TPSA) is 69.4 Å². The molecule has 0 saturated carbocycles. The largest absolute Gasteiger partial charge is 0.349 e. The number of pyridine rings is 2. The molecule has 5 aromatic heterocycles. The summed E-state index contributed by atoms with van der Waals surface area (Å²) in [6, 6.07) is 7.25. The van der Waals surface area contributed by atoms with Crippen LogP contribution in [-0.2, 0) is 7.05 Å². The summed E-state index contributed by atoms with van der Waals surface area (Å²) in [4.78, 5) is 23.1. The molecule has 142 valence electrons. The number of hydrogen-bond donors (Lipinski definition) is 0. The molecule has 0 saturated heterocycles. The van der Waals surface area contributed by atoms with E-state index in [9.17, 15) is 4.39 Å². The molecule has 5 rings (SSSR count). The third-order valence-corrected chi connectivity index (χ3v) is 5.82.